The third-order valence-corrected chi connectivity index (χ3v) is 6.49. The molecule has 26 heavy (non-hydrogen) atoms. The van der Waals surface area contributed by atoms with Crippen molar-refractivity contribution in [3.63, 3.8) is 0 Å². The molecular formula is C21H29ClN2O2. The number of nitrogens with one attached hydrogen (secondary N) is 2. The molecule has 4 nitrogen and oxygen atoms in total. The number of amides is 2. The first-order valence-electron chi connectivity index (χ1n) is 9.80. The second-order valence-corrected chi connectivity index (χ2v) is 9.80. The molecule has 0 saturated heterocycles. The predicted molar refractivity (Wildman–Crippen MR) is 105 cm³/mol. The minimum atomic E-state index is -0.425. The summed E-state index contributed by atoms with van der Waals surface area (Å²) in [5, 5.41) is 6.49. The van der Waals surface area contributed by atoms with Crippen LogP contribution >= 0.6 is 11.6 Å². The highest BCUT2D eigenvalue weighted by Crippen LogP contribution is 2.57. The zero-order chi connectivity index (χ0) is 18.4. The smallest absolute Gasteiger partial charge is 0.319 e. The zero-order valence-corrected chi connectivity index (χ0v) is 16.4. The fourth-order valence-electron chi connectivity index (χ4n) is 5.61. The largest absolute Gasteiger partial charge is 0.373 e. The van der Waals surface area contributed by atoms with Gasteiger partial charge in [-0.05, 0) is 88.3 Å². The van der Waals surface area contributed by atoms with Gasteiger partial charge in [-0.25, -0.2) is 4.79 Å². The SMILES string of the molecule is CC(C)(COC12CC3CC(CC(C3)C1)C2)NC(=O)Nc1cccc(Cl)c1. The Hall–Kier alpha value is -1.26. The van der Waals surface area contributed by atoms with Crippen LogP contribution in [0.1, 0.15) is 52.4 Å². The van der Waals surface area contributed by atoms with Crippen molar-refractivity contribution in [2.45, 2.75) is 63.5 Å². The van der Waals surface area contributed by atoms with Crippen molar-refractivity contribution in [1.29, 1.82) is 0 Å². The van der Waals surface area contributed by atoms with Gasteiger partial charge in [-0.15, -0.1) is 0 Å². The number of carbonyl (C=O) groups is 1. The van der Waals surface area contributed by atoms with E-state index in [1.165, 1.54) is 38.5 Å². The van der Waals surface area contributed by atoms with Gasteiger partial charge in [-0.3, -0.25) is 0 Å². The second kappa shape index (κ2) is 6.72. The molecule has 2 N–H and O–H groups in total. The lowest BCUT2D eigenvalue weighted by Crippen LogP contribution is -2.55. The fourth-order valence-corrected chi connectivity index (χ4v) is 5.80. The lowest BCUT2D eigenvalue weighted by molar-refractivity contribution is -0.170. The third-order valence-electron chi connectivity index (χ3n) is 6.26. The summed E-state index contributed by atoms with van der Waals surface area (Å²) >= 11 is 5.97. The maximum atomic E-state index is 12.3. The van der Waals surface area contributed by atoms with Crippen molar-refractivity contribution in [3.05, 3.63) is 29.3 Å². The molecule has 0 spiro atoms. The van der Waals surface area contributed by atoms with Crippen molar-refractivity contribution in [2.75, 3.05) is 11.9 Å². The average Bonchev–Trinajstić information content (AvgIpc) is 2.51. The summed E-state index contributed by atoms with van der Waals surface area (Å²) in [4.78, 5) is 12.3. The van der Waals surface area contributed by atoms with Crippen molar-refractivity contribution in [2.24, 2.45) is 17.8 Å². The summed E-state index contributed by atoms with van der Waals surface area (Å²) in [7, 11) is 0. The van der Waals surface area contributed by atoms with Gasteiger partial charge in [0, 0.05) is 10.7 Å². The van der Waals surface area contributed by atoms with E-state index in [1.54, 1.807) is 12.1 Å². The van der Waals surface area contributed by atoms with Gasteiger partial charge in [0.1, 0.15) is 0 Å². The number of hydrogen-bond acceptors (Lipinski definition) is 2. The lowest BCUT2D eigenvalue weighted by atomic mass is 9.54. The highest BCUT2D eigenvalue weighted by Gasteiger charge is 2.52. The van der Waals surface area contributed by atoms with Crippen LogP contribution in [-0.4, -0.2) is 23.8 Å². The molecule has 4 bridgehead atoms. The Kier molecular flexibility index (Phi) is 4.68. The van der Waals surface area contributed by atoms with Crippen molar-refractivity contribution in [1.82, 2.24) is 5.32 Å². The highest BCUT2D eigenvalue weighted by atomic mass is 35.5. The van der Waals surface area contributed by atoms with Crippen LogP contribution in [0.25, 0.3) is 0 Å². The summed E-state index contributed by atoms with van der Waals surface area (Å²) in [5.41, 5.74) is 0.330. The van der Waals surface area contributed by atoms with Crippen LogP contribution < -0.4 is 10.6 Å². The first kappa shape index (κ1) is 18.1. The Labute approximate surface area is 161 Å². The van der Waals surface area contributed by atoms with Crippen LogP contribution in [0.2, 0.25) is 5.02 Å². The average molecular weight is 377 g/mol. The minimum Gasteiger partial charge on any atom is -0.373 e. The summed E-state index contributed by atoms with van der Waals surface area (Å²) < 4.78 is 6.51. The van der Waals surface area contributed by atoms with Crippen molar-refractivity contribution < 1.29 is 9.53 Å². The minimum absolute atomic E-state index is 0.0666. The van der Waals surface area contributed by atoms with E-state index in [0.717, 1.165) is 17.8 Å². The van der Waals surface area contributed by atoms with Crippen LogP contribution in [-0.2, 0) is 4.74 Å². The standard InChI is InChI=1S/C21H29ClN2O2/c1-20(2,24-19(25)23-18-5-3-4-17(22)9-18)13-26-21-10-14-6-15(11-21)8-16(7-14)12-21/h3-5,9,14-16H,6-8,10-13H2,1-2H3,(H2,23,24,25). The number of urea groups is 1. The van der Waals surface area contributed by atoms with Gasteiger partial charge in [0.15, 0.2) is 0 Å². The zero-order valence-electron chi connectivity index (χ0n) is 15.7. The summed E-state index contributed by atoms with van der Waals surface area (Å²) in [6.07, 6.45) is 7.86. The molecular weight excluding hydrogens is 348 g/mol. The lowest BCUT2D eigenvalue weighted by Gasteiger charge is -2.56. The first-order valence-corrected chi connectivity index (χ1v) is 10.2. The number of anilines is 1. The van der Waals surface area contributed by atoms with E-state index in [9.17, 15) is 4.79 Å². The van der Waals surface area contributed by atoms with E-state index in [0.29, 0.717) is 17.3 Å². The molecule has 142 valence electrons. The Morgan fingerprint density at radius 3 is 2.38 bits per heavy atom. The number of carbonyl (C=O) groups excluding carboxylic acids is 1. The van der Waals surface area contributed by atoms with E-state index in [1.807, 2.05) is 26.0 Å². The van der Waals surface area contributed by atoms with E-state index in [2.05, 4.69) is 10.6 Å². The normalized spacial score (nSPS) is 32.5. The highest BCUT2D eigenvalue weighted by molar-refractivity contribution is 6.30. The molecule has 5 heteroatoms. The van der Waals surface area contributed by atoms with E-state index >= 15 is 0 Å². The predicted octanol–water partition coefficient (Wildman–Crippen LogP) is 5.23. The van der Waals surface area contributed by atoms with Crippen molar-refractivity contribution in [3.8, 4) is 0 Å². The van der Waals surface area contributed by atoms with Crippen LogP contribution in [0.4, 0.5) is 10.5 Å². The van der Waals surface area contributed by atoms with E-state index in [-0.39, 0.29) is 11.6 Å². The molecule has 4 saturated carbocycles. The molecule has 0 heterocycles. The van der Waals surface area contributed by atoms with Crippen LogP contribution in [0.5, 0.6) is 0 Å². The molecule has 4 aliphatic carbocycles. The van der Waals surface area contributed by atoms with Crippen LogP contribution in [0, 0.1) is 17.8 Å². The third kappa shape index (κ3) is 4.01. The molecule has 2 amide bonds. The molecule has 4 fully saturated rings. The molecule has 1 aromatic rings. The molecule has 5 rings (SSSR count). The molecule has 1 aromatic carbocycles. The summed E-state index contributed by atoms with van der Waals surface area (Å²) in [5.74, 6) is 2.59. The summed E-state index contributed by atoms with van der Waals surface area (Å²) in [6, 6.07) is 6.93. The quantitative estimate of drug-likeness (QED) is 0.739. The Morgan fingerprint density at radius 2 is 1.81 bits per heavy atom. The molecule has 0 radical (unpaired) electrons. The van der Waals surface area contributed by atoms with Gasteiger partial charge < -0.3 is 15.4 Å². The van der Waals surface area contributed by atoms with Gasteiger partial charge in [0.05, 0.1) is 17.7 Å². The Balaban J connectivity index is 1.32. The maximum Gasteiger partial charge on any atom is 0.319 e. The number of ether oxygens (including phenoxy) is 1. The monoisotopic (exact) mass is 376 g/mol. The van der Waals surface area contributed by atoms with Crippen molar-refractivity contribution >= 4 is 23.3 Å². The van der Waals surface area contributed by atoms with Gasteiger partial charge in [-0.1, -0.05) is 17.7 Å². The molecule has 0 aromatic heterocycles. The Morgan fingerprint density at radius 1 is 1.19 bits per heavy atom. The number of rotatable bonds is 5. The Bertz CT molecular complexity index is 653. The van der Waals surface area contributed by atoms with Crippen LogP contribution in [0.15, 0.2) is 24.3 Å². The number of hydrogen-bond donors (Lipinski definition) is 2. The number of halogens is 1. The number of benzene rings is 1. The van der Waals surface area contributed by atoms with E-state index < -0.39 is 5.54 Å². The molecule has 0 atom stereocenters. The summed E-state index contributed by atoms with van der Waals surface area (Å²) in [6.45, 7) is 4.58. The topological polar surface area (TPSA) is 50.4 Å². The fraction of sp³-hybridized carbons (Fsp3) is 0.667. The molecule has 0 aliphatic heterocycles. The van der Waals surface area contributed by atoms with E-state index in [4.69, 9.17) is 16.3 Å². The molecule has 4 aliphatic rings. The van der Waals surface area contributed by atoms with Gasteiger partial charge in [0.25, 0.3) is 0 Å². The van der Waals surface area contributed by atoms with Crippen LogP contribution in [0.3, 0.4) is 0 Å². The van der Waals surface area contributed by atoms with Gasteiger partial charge >= 0.3 is 6.03 Å². The van der Waals surface area contributed by atoms with Gasteiger partial charge in [-0.2, -0.15) is 0 Å². The maximum absolute atomic E-state index is 12.3. The van der Waals surface area contributed by atoms with Gasteiger partial charge in [0.2, 0.25) is 0 Å². The second-order valence-electron chi connectivity index (χ2n) is 9.36. The first-order chi connectivity index (χ1) is 12.3. The molecule has 0 unspecified atom stereocenters.